The quantitative estimate of drug-likeness (QED) is 0.0261. The van der Waals surface area contributed by atoms with Crippen molar-refractivity contribution in [3.05, 3.63) is 24.3 Å². The lowest BCUT2D eigenvalue weighted by Crippen LogP contribution is -2.30. The number of hydrogen-bond acceptors (Lipinski definition) is 6. The Morgan fingerprint density at radius 1 is 0.247 bits per heavy atom. The zero-order valence-electron chi connectivity index (χ0n) is 52.3. The molecule has 0 radical (unpaired) electrons. The summed E-state index contributed by atoms with van der Waals surface area (Å²) in [5, 5.41) is 0. The molecule has 6 heteroatoms. The molecule has 0 aliphatic heterocycles. The second-order valence-corrected chi connectivity index (χ2v) is 23.8. The van der Waals surface area contributed by atoms with Gasteiger partial charge in [0, 0.05) is 19.3 Å². The van der Waals surface area contributed by atoms with Gasteiger partial charge in [-0.1, -0.05) is 328 Å². The standard InChI is InChI=1S/C71H134O6/c1-4-7-10-13-16-19-22-25-28-30-32-33-34-35-36-37-39-40-43-46-49-52-55-58-61-64-70(73)76-67-68(66-75-69(72)63-60-57-54-51-48-45-42-27-24-21-18-15-12-9-6-3)77-71(74)65-62-59-56-53-50-47-44-41-38-31-29-26-23-20-17-14-11-8-5-2/h26,29-30,32,68H,4-25,27-28,31,33-67H2,1-3H3/b29-26-,32-30-. The molecule has 0 aliphatic carbocycles. The first-order valence-corrected chi connectivity index (χ1v) is 34.8. The van der Waals surface area contributed by atoms with E-state index in [0.717, 1.165) is 57.8 Å². The third-order valence-electron chi connectivity index (χ3n) is 15.9. The van der Waals surface area contributed by atoms with Crippen molar-refractivity contribution in [1.29, 1.82) is 0 Å². The Hall–Kier alpha value is -2.11. The van der Waals surface area contributed by atoms with Crippen molar-refractivity contribution < 1.29 is 28.6 Å². The zero-order valence-corrected chi connectivity index (χ0v) is 52.3. The summed E-state index contributed by atoms with van der Waals surface area (Å²) in [6.45, 7) is 6.71. The number of carbonyl (C=O) groups excluding carboxylic acids is 3. The molecule has 1 unspecified atom stereocenters. The third kappa shape index (κ3) is 64.6. The molecule has 0 rings (SSSR count). The fraction of sp³-hybridized carbons (Fsp3) is 0.901. The number of allylic oxidation sites excluding steroid dienone is 4. The Labute approximate surface area is 481 Å². The molecule has 0 aromatic heterocycles. The number of hydrogen-bond donors (Lipinski definition) is 0. The normalized spacial score (nSPS) is 12.1. The number of esters is 3. The molecule has 77 heavy (non-hydrogen) atoms. The lowest BCUT2D eigenvalue weighted by Gasteiger charge is -2.18. The van der Waals surface area contributed by atoms with Crippen molar-refractivity contribution in [2.75, 3.05) is 13.2 Å². The Morgan fingerprint density at radius 3 is 0.649 bits per heavy atom. The summed E-state index contributed by atoms with van der Waals surface area (Å²) in [4.78, 5) is 38.4. The van der Waals surface area contributed by atoms with E-state index in [1.807, 2.05) is 0 Å². The Balaban J connectivity index is 4.25. The van der Waals surface area contributed by atoms with E-state index < -0.39 is 6.10 Å². The van der Waals surface area contributed by atoms with E-state index in [1.165, 1.54) is 295 Å². The summed E-state index contributed by atoms with van der Waals surface area (Å²) < 4.78 is 17.0. The average Bonchev–Trinajstić information content (AvgIpc) is 3.43. The molecule has 454 valence electrons. The van der Waals surface area contributed by atoms with Gasteiger partial charge >= 0.3 is 17.9 Å². The van der Waals surface area contributed by atoms with E-state index in [1.54, 1.807) is 0 Å². The van der Waals surface area contributed by atoms with Crippen molar-refractivity contribution in [3.8, 4) is 0 Å². The molecule has 0 bridgehead atoms. The third-order valence-corrected chi connectivity index (χ3v) is 15.9. The first-order valence-electron chi connectivity index (χ1n) is 34.8. The van der Waals surface area contributed by atoms with E-state index in [-0.39, 0.29) is 31.1 Å². The Kier molecular flexibility index (Phi) is 64.6. The van der Waals surface area contributed by atoms with Gasteiger partial charge in [0.2, 0.25) is 0 Å². The van der Waals surface area contributed by atoms with Crippen LogP contribution in [0.4, 0.5) is 0 Å². The van der Waals surface area contributed by atoms with E-state index in [2.05, 4.69) is 45.1 Å². The molecule has 0 saturated carbocycles. The van der Waals surface area contributed by atoms with Crippen LogP contribution in [0.3, 0.4) is 0 Å². The van der Waals surface area contributed by atoms with Crippen LogP contribution in [-0.2, 0) is 28.6 Å². The van der Waals surface area contributed by atoms with Crippen molar-refractivity contribution in [1.82, 2.24) is 0 Å². The second-order valence-electron chi connectivity index (χ2n) is 23.8. The maximum Gasteiger partial charge on any atom is 0.306 e. The Bertz CT molecular complexity index is 1240. The van der Waals surface area contributed by atoms with Gasteiger partial charge in [-0.3, -0.25) is 14.4 Å². The predicted molar refractivity (Wildman–Crippen MR) is 335 cm³/mol. The summed E-state index contributed by atoms with van der Waals surface area (Å²) in [5.41, 5.74) is 0. The van der Waals surface area contributed by atoms with Gasteiger partial charge in [0.25, 0.3) is 0 Å². The maximum absolute atomic E-state index is 12.9. The molecule has 0 fully saturated rings. The van der Waals surface area contributed by atoms with Crippen molar-refractivity contribution >= 4 is 17.9 Å². The fourth-order valence-corrected chi connectivity index (χ4v) is 10.7. The molecule has 0 aromatic rings. The Morgan fingerprint density at radius 2 is 0.429 bits per heavy atom. The predicted octanol–water partition coefficient (Wildman–Crippen LogP) is 23.8. The lowest BCUT2D eigenvalue weighted by atomic mass is 10.0. The monoisotopic (exact) mass is 1080 g/mol. The summed E-state index contributed by atoms with van der Waals surface area (Å²) in [5.74, 6) is -0.837. The molecular weight excluding hydrogens is 949 g/mol. The van der Waals surface area contributed by atoms with Crippen LogP contribution in [0.2, 0.25) is 0 Å². The molecule has 0 saturated heterocycles. The number of carbonyl (C=O) groups is 3. The van der Waals surface area contributed by atoms with E-state index in [4.69, 9.17) is 14.2 Å². The van der Waals surface area contributed by atoms with Gasteiger partial charge in [-0.25, -0.2) is 0 Å². The minimum absolute atomic E-state index is 0.0661. The van der Waals surface area contributed by atoms with Gasteiger partial charge in [-0.05, 0) is 70.6 Å². The molecule has 0 N–H and O–H groups in total. The van der Waals surface area contributed by atoms with Gasteiger partial charge in [0.05, 0.1) is 0 Å². The summed E-state index contributed by atoms with van der Waals surface area (Å²) in [6, 6.07) is 0. The van der Waals surface area contributed by atoms with Gasteiger partial charge in [0.15, 0.2) is 6.10 Å². The molecule has 0 heterocycles. The van der Waals surface area contributed by atoms with Crippen molar-refractivity contribution in [2.24, 2.45) is 0 Å². The van der Waals surface area contributed by atoms with Gasteiger partial charge in [-0.2, -0.15) is 0 Å². The zero-order chi connectivity index (χ0) is 55.7. The first kappa shape index (κ1) is 74.9. The first-order chi connectivity index (χ1) is 38.0. The average molecular weight is 1080 g/mol. The van der Waals surface area contributed by atoms with E-state index in [0.29, 0.717) is 19.3 Å². The summed E-state index contributed by atoms with van der Waals surface area (Å²) in [6.07, 6.45) is 80.5. The van der Waals surface area contributed by atoms with Gasteiger partial charge in [0.1, 0.15) is 13.2 Å². The molecule has 0 spiro atoms. The van der Waals surface area contributed by atoms with Gasteiger partial charge < -0.3 is 14.2 Å². The maximum atomic E-state index is 12.9. The topological polar surface area (TPSA) is 78.9 Å². The highest BCUT2D eigenvalue weighted by atomic mass is 16.6. The van der Waals surface area contributed by atoms with Crippen molar-refractivity contribution in [2.45, 2.75) is 399 Å². The molecular formula is C71H134O6. The molecule has 6 nitrogen and oxygen atoms in total. The van der Waals surface area contributed by atoms with Gasteiger partial charge in [-0.15, -0.1) is 0 Å². The lowest BCUT2D eigenvalue weighted by molar-refractivity contribution is -0.167. The van der Waals surface area contributed by atoms with Crippen LogP contribution in [0.1, 0.15) is 393 Å². The van der Waals surface area contributed by atoms with E-state index >= 15 is 0 Å². The number of unbranched alkanes of at least 4 members (excludes halogenated alkanes) is 50. The molecule has 0 aliphatic rings. The van der Waals surface area contributed by atoms with E-state index in [9.17, 15) is 14.4 Å². The smallest absolute Gasteiger partial charge is 0.306 e. The largest absolute Gasteiger partial charge is 0.462 e. The minimum Gasteiger partial charge on any atom is -0.462 e. The minimum atomic E-state index is -0.770. The fourth-order valence-electron chi connectivity index (χ4n) is 10.7. The second kappa shape index (κ2) is 66.4. The number of rotatable bonds is 65. The summed E-state index contributed by atoms with van der Waals surface area (Å²) >= 11 is 0. The van der Waals surface area contributed by atoms with Crippen LogP contribution in [0, 0.1) is 0 Å². The highest BCUT2D eigenvalue weighted by Crippen LogP contribution is 2.18. The highest BCUT2D eigenvalue weighted by Gasteiger charge is 2.19. The van der Waals surface area contributed by atoms with Crippen LogP contribution >= 0.6 is 0 Å². The molecule has 1 atom stereocenters. The SMILES string of the molecule is CCCCCCCC/C=C\CCCCCCCCCCCC(=O)OC(COC(=O)CCCCCCCCCCCCCCC/C=C\CCCCCCCCCC)COC(=O)CCCCCCCCCCCCCCCCC. The van der Waals surface area contributed by atoms with Crippen LogP contribution in [0.15, 0.2) is 24.3 Å². The van der Waals surface area contributed by atoms with Crippen LogP contribution < -0.4 is 0 Å². The van der Waals surface area contributed by atoms with Crippen LogP contribution in [0.25, 0.3) is 0 Å². The van der Waals surface area contributed by atoms with Crippen LogP contribution in [-0.4, -0.2) is 37.2 Å². The number of ether oxygens (including phenoxy) is 3. The summed E-state index contributed by atoms with van der Waals surface area (Å²) in [7, 11) is 0. The van der Waals surface area contributed by atoms with Crippen molar-refractivity contribution in [3.63, 3.8) is 0 Å². The molecule has 0 amide bonds. The van der Waals surface area contributed by atoms with Crippen LogP contribution in [0.5, 0.6) is 0 Å². The molecule has 0 aromatic carbocycles. The highest BCUT2D eigenvalue weighted by molar-refractivity contribution is 5.71.